The molecular weight excluding hydrogens is 348 g/mol. The van der Waals surface area contributed by atoms with E-state index in [0.717, 1.165) is 22.6 Å². The molecule has 0 bridgehead atoms. The van der Waals surface area contributed by atoms with Crippen LogP contribution in [0.4, 0.5) is 0 Å². The van der Waals surface area contributed by atoms with Crippen LogP contribution >= 0.6 is 11.3 Å². The number of aliphatic imine (C=N–C) groups is 1. The van der Waals surface area contributed by atoms with Crippen LogP contribution in [0, 0.1) is 0 Å². The van der Waals surface area contributed by atoms with E-state index in [1.54, 1.807) is 11.6 Å². The standard InChI is InChI=1S/C20H14N2O3S/c23-20-18(22-19(25-20)15-4-2-1-3-5-15)10-14-6-8-17(9-7-14)24-11-16-12-26-13-21-16/h1-10,12-13H,11H2. The predicted molar refractivity (Wildman–Crippen MR) is 99.9 cm³/mol. The van der Waals surface area contributed by atoms with Crippen molar-refractivity contribution >= 4 is 29.3 Å². The number of hydrogen-bond acceptors (Lipinski definition) is 6. The molecule has 1 aliphatic rings. The van der Waals surface area contributed by atoms with Crippen molar-refractivity contribution in [3.05, 3.63) is 88.0 Å². The second-order valence-corrected chi connectivity index (χ2v) is 6.26. The molecule has 0 spiro atoms. The molecule has 2 heterocycles. The molecule has 0 atom stereocenters. The fraction of sp³-hybridized carbons (Fsp3) is 0.0500. The van der Waals surface area contributed by atoms with Crippen molar-refractivity contribution in [3.8, 4) is 5.75 Å². The number of ether oxygens (including phenoxy) is 2. The predicted octanol–water partition coefficient (Wildman–Crippen LogP) is 4.07. The first-order valence-corrected chi connectivity index (χ1v) is 8.90. The third-order valence-electron chi connectivity index (χ3n) is 3.69. The number of thiazole rings is 1. The molecule has 0 unspecified atom stereocenters. The molecule has 0 radical (unpaired) electrons. The van der Waals surface area contributed by atoms with Crippen molar-refractivity contribution in [1.29, 1.82) is 0 Å². The fourth-order valence-electron chi connectivity index (χ4n) is 2.40. The van der Waals surface area contributed by atoms with Gasteiger partial charge in [-0.2, -0.15) is 0 Å². The zero-order chi connectivity index (χ0) is 17.8. The average molecular weight is 362 g/mol. The molecule has 1 aromatic heterocycles. The van der Waals surface area contributed by atoms with Gasteiger partial charge >= 0.3 is 5.97 Å². The Labute approximate surface area is 154 Å². The molecule has 0 saturated heterocycles. The molecule has 0 fully saturated rings. The van der Waals surface area contributed by atoms with E-state index in [2.05, 4.69) is 9.98 Å². The Morgan fingerprint density at radius 2 is 1.88 bits per heavy atom. The third-order valence-corrected chi connectivity index (χ3v) is 4.33. The molecule has 6 heteroatoms. The zero-order valence-electron chi connectivity index (χ0n) is 13.7. The summed E-state index contributed by atoms with van der Waals surface area (Å²) < 4.78 is 10.9. The van der Waals surface area contributed by atoms with Crippen molar-refractivity contribution in [3.63, 3.8) is 0 Å². The summed E-state index contributed by atoms with van der Waals surface area (Å²) in [5, 5.41) is 1.95. The Morgan fingerprint density at radius 1 is 1.08 bits per heavy atom. The number of benzene rings is 2. The van der Waals surface area contributed by atoms with Gasteiger partial charge in [-0.15, -0.1) is 11.3 Å². The maximum absolute atomic E-state index is 12.0. The Kier molecular flexibility index (Phi) is 4.57. The smallest absolute Gasteiger partial charge is 0.363 e. The first-order chi connectivity index (χ1) is 12.8. The Hall–Kier alpha value is -3.25. The maximum atomic E-state index is 12.0. The van der Waals surface area contributed by atoms with E-state index in [1.165, 1.54) is 11.3 Å². The van der Waals surface area contributed by atoms with Crippen LogP contribution in [0.5, 0.6) is 5.75 Å². The Bertz CT molecular complexity index is 962. The number of cyclic esters (lactones) is 1. The SMILES string of the molecule is O=C1OC(c2ccccc2)=NC1=Cc1ccc(OCc2cscn2)cc1. The van der Waals surface area contributed by atoms with Crippen LogP contribution in [0.2, 0.25) is 0 Å². The van der Waals surface area contributed by atoms with Crippen LogP contribution in [-0.4, -0.2) is 16.9 Å². The molecule has 0 N–H and O–H groups in total. The average Bonchev–Trinajstić information content (AvgIpc) is 3.32. The lowest BCUT2D eigenvalue weighted by Crippen LogP contribution is -2.04. The van der Waals surface area contributed by atoms with E-state index in [9.17, 15) is 4.79 Å². The second-order valence-electron chi connectivity index (χ2n) is 5.54. The lowest BCUT2D eigenvalue weighted by Gasteiger charge is -2.04. The summed E-state index contributed by atoms with van der Waals surface area (Å²) in [6, 6.07) is 16.8. The van der Waals surface area contributed by atoms with Gasteiger partial charge in [0.1, 0.15) is 12.4 Å². The summed E-state index contributed by atoms with van der Waals surface area (Å²) in [4.78, 5) is 20.5. The molecule has 0 saturated carbocycles. The van der Waals surface area contributed by atoms with E-state index in [4.69, 9.17) is 9.47 Å². The molecule has 128 valence electrons. The number of rotatable bonds is 5. The van der Waals surface area contributed by atoms with Crippen LogP contribution in [-0.2, 0) is 16.1 Å². The van der Waals surface area contributed by atoms with Crippen molar-refractivity contribution in [2.75, 3.05) is 0 Å². The number of hydrogen-bond donors (Lipinski definition) is 0. The number of nitrogens with zero attached hydrogens (tertiary/aromatic N) is 2. The highest BCUT2D eigenvalue weighted by molar-refractivity contribution is 7.07. The molecular formula is C20H14N2O3S. The summed E-state index contributed by atoms with van der Waals surface area (Å²) >= 11 is 1.54. The molecule has 0 aliphatic carbocycles. The Morgan fingerprint density at radius 3 is 2.62 bits per heavy atom. The van der Waals surface area contributed by atoms with Crippen LogP contribution in [0.25, 0.3) is 6.08 Å². The number of aromatic nitrogens is 1. The van der Waals surface area contributed by atoms with E-state index in [-0.39, 0.29) is 5.70 Å². The molecule has 2 aromatic carbocycles. The van der Waals surface area contributed by atoms with Gasteiger partial charge in [-0.05, 0) is 35.9 Å². The largest absolute Gasteiger partial charge is 0.487 e. The van der Waals surface area contributed by atoms with Crippen LogP contribution in [0.1, 0.15) is 16.8 Å². The monoisotopic (exact) mass is 362 g/mol. The zero-order valence-corrected chi connectivity index (χ0v) is 14.5. The van der Waals surface area contributed by atoms with Crippen LogP contribution in [0.15, 0.2) is 76.2 Å². The van der Waals surface area contributed by atoms with Gasteiger partial charge in [0.15, 0.2) is 5.70 Å². The van der Waals surface area contributed by atoms with Crippen LogP contribution in [0.3, 0.4) is 0 Å². The van der Waals surface area contributed by atoms with Crippen molar-refractivity contribution in [2.45, 2.75) is 6.61 Å². The van der Waals surface area contributed by atoms with Gasteiger partial charge in [-0.25, -0.2) is 14.8 Å². The number of esters is 1. The van der Waals surface area contributed by atoms with E-state index in [1.807, 2.05) is 60.0 Å². The minimum absolute atomic E-state index is 0.278. The highest BCUT2D eigenvalue weighted by atomic mass is 32.1. The summed E-state index contributed by atoms with van der Waals surface area (Å²) in [7, 11) is 0. The van der Waals surface area contributed by atoms with Crippen molar-refractivity contribution in [2.24, 2.45) is 4.99 Å². The molecule has 3 aromatic rings. The quantitative estimate of drug-likeness (QED) is 0.507. The van der Waals surface area contributed by atoms with Crippen molar-refractivity contribution in [1.82, 2.24) is 4.98 Å². The van der Waals surface area contributed by atoms with E-state index >= 15 is 0 Å². The van der Waals surface area contributed by atoms with E-state index in [0.29, 0.717) is 12.5 Å². The molecule has 5 nitrogen and oxygen atoms in total. The summed E-state index contributed by atoms with van der Waals surface area (Å²) in [5.41, 5.74) is 4.57. The van der Waals surface area contributed by atoms with Crippen LogP contribution < -0.4 is 4.74 Å². The van der Waals surface area contributed by atoms with E-state index < -0.39 is 5.97 Å². The normalized spacial score (nSPS) is 15.0. The maximum Gasteiger partial charge on any atom is 0.363 e. The van der Waals surface area contributed by atoms with Gasteiger partial charge in [-0.1, -0.05) is 30.3 Å². The van der Waals surface area contributed by atoms with Gasteiger partial charge in [0.25, 0.3) is 0 Å². The lowest BCUT2D eigenvalue weighted by molar-refractivity contribution is -0.129. The topological polar surface area (TPSA) is 60.8 Å². The van der Waals surface area contributed by atoms with Gasteiger partial charge < -0.3 is 9.47 Å². The summed E-state index contributed by atoms with van der Waals surface area (Å²) in [6.45, 7) is 0.432. The summed E-state index contributed by atoms with van der Waals surface area (Å²) in [6.07, 6.45) is 1.70. The molecule has 26 heavy (non-hydrogen) atoms. The molecule has 4 rings (SSSR count). The van der Waals surface area contributed by atoms with Gasteiger partial charge in [-0.3, -0.25) is 0 Å². The second kappa shape index (κ2) is 7.33. The Balaban J connectivity index is 1.47. The molecule has 1 aliphatic heterocycles. The highest BCUT2D eigenvalue weighted by Gasteiger charge is 2.23. The minimum Gasteiger partial charge on any atom is -0.487 e. The number of carbonyl (C=O) groups excluding carboxylic acids is 1. The highest BCUT2D eigenvalue weighted by Crippen LogP contribution is 2.21. The first-order valence-electron chi connectivity index (χ1n) is 7.96. The first kappa shape index (κ1) is 16.2. The lowest BCUT2D eigenvalue weighted by atomic mass is 10.2. The van der Waals surface area contributed by atoms with Crippen molar-refractivity contribution < 1.29 is 14.3 Å². The summed E-state index contributed by atoms with van der Waals surface area (Å²) in [5.74, 6) is 0.611. The fourth-order valence-corrected chi connectivity index (χ4v) is 2.94. The third kappa shape index (κ3) is 3.70. The van der Waals surface area contributed by atoms with Gasteiger partial charge in [0.2, 0.25) is 5.90 Å². The minimum atomic E-state index is -0.451. The number of carbonyl (C=O) groups is 1. The van der Waals surface area contributed by atoms with Gasteiger partial charge in [0.05, 0.1) is 11.2 Å². The molecule has 0 amide bonds. The van der Waals surface area contributed by atoms with Gasteiger partial charge in [0, 0.05) is 10.9 Å².